The van der Waals surface area contributed by atoms with Crippen LogP contribution in [0.1, 0.15) is 30.4 Å². The predicted octanol–water partition coefficient (Wildman–Crippen LogP) is 2.82. The summed E-state index contributed by atoms with van der Waals surface area (Å²) in [6.45, 7) is 4.93. The van der Waals surface area contributed by atoms with Gasteiger partial charge in [-0.25, -0.2) is 4.98 Å². The topological polar surface area (TPSA) is 62.2 Å². The number of halogens is 1. The summed E-state index contributed by atoms with van der Waals surface area (Å²) in [6.07, 6.45) is 3.76. The molecule has 154 valence electrons. The number of nitrogens with one attached hydrogen (secondary N) is 2. The number of imidazole rings is 1. The van der Waals surface area contributed by atoms with E-state index < -0.39 is 0 Å². The molecule has 0 spiro atoms. The Morgan fingerprint density at radius 3 is 2.83 bits per heavy atom. The van der Waals surface area contributed by atoms with Crippen molar-refractivity contribution in [3.63, 3.8) is 0 Å². The van der Waals surface area contributed by atoms with Crippen LogP contribution < -0.4 is 10.6 Å². The summed E-state index contributed by atoms with van der Waals surface area (Å²) in [4.78, 5) is 19.5. The molecule has 0 aliphatic carbocycles. The van der Waals surface area contributed by atoms with Gasteiger partial charge in [-0.05, 0) is 29.3 Å². The quantitative estimate of drug-likeness (QED) is 0.675. The zero-order valence-electron chi connectivity index (χ0n) is 16.8. The fraction of sp³-hybridized carbons (Fsp3) is 0.364. The van der Waals surface area contributed by atoms with Gasteiger partial charge in [0.2, 0.25) is 5.91 Å². The van der Waals surface area contributed by atoms with Crippen LogP contribution in [-0.2, 0) is 11.8 Å². The van der Waals surface area contributed by atoms with Gasteiger partial charge >= 0.3 is 0 Å². The number of nitrogens with zero attached hydrogens (tertiary/aromatic N) is 3. The lowest BCUT2D eigenvalue weighted by Gasteiger charge is -2.35. The minimum absolute atomic E-state index is 0. The minimum Gasteiger partial charge on any atom is -0.348 e. The molecule has 6 nitrogen and oxygen atoms in total. The Hall–Kier alpha value is -2.41. The van der Waals surface area contributed by atoms with E-state index in [9.17, 15) is 4.79 Å². The van der Waals surface area contributed by atoms with E-state index >= 15 is 0 Å². The Kier molecular flexibility index (Phi) is 6.90. The van der Waals surface area contributed by atoms with Gasteiger partial charge in [-0.1, -0.05) is 36.4 Å². The largest absolute Gasteiger partial charge is 0.348 e. The summed E-state index contributed by atoms with van der Waals surface area (Å²) >= 11 is 0. The van der Waals surface area contributed by atoms with Gasteiger partial charge in [0.15, 0.2) is 0 Å². The Balaban J connectivity index is 0.00000240. The molecule has 7 heteroatoms. The summed E-state index contributed by atoms with van der Waals surface area (Å²) < 4.78 is 2.03. The molecule has 2 N–H and O–H groups in total. The summed E-state index contributed by atoms with van der Waals surface area (Å²) in [7, 11) is 2.00. The highest BCUT2D eigenvalue weighted by atomic mass is 35.5. The van der Waals surface area contributed by atoms with Crippen molar-refractivity contribution in [1.82, 2.24) is 25.1 Å². The average molecular weight is 414 g/mol. The molecule has 2 atom stereocenters. The van der Waals surface area contributed by atoms with E-state index in [-0.39, 0.29) is 30.4 Å². The normalized spacial score (nSPS) is 18.2. The Bertz CT molecular complexity index is 973. The fourth-order valence-corrected chi connectivity index (χ4v) is 3.92. The van der Waals surface area contributed by atoms with E-state index in [0.29, 0.717) is 6.54 Å². The first kappa shape index (κ1) is 21.3. The molecule has 0 radical (unpaired) electrons. The predicted molar refractivity (Wildman–Crippen MR) is 118 cm³/mol. The second kappa shape index (κ2) is 9.39. The summed E-state index contributed by atoms with van der Waals surface area (Å²) in [5.74, 6) is 1.03. The Morgan fingerprint density at radius 2 is 2.07 bits per heavy atom. The van der Waals surface area contributed by atoms with Crippen molar-refractivity contribution in [2.45, 2.75) is 19.0 Å². The van der Waals surface area contributed by atoms with Gasteiger partial charge in [0.25, 0.3) is 0 Å². The number of fused-ring (bicyclic) bond motifs is 1. The molecule has 0 saturated carbocycles. The smallest absolute Gasteiger partial charge is 0.234 e. The van der Waals surface area contributed by atoms with Crippen LogP contribution in [0, 0.1) is 0 Å². The Labute approximate surface area is 177 Å². The van der Waals surface area contributed by atoms with Gasteiger partial charge in [0.05, 0.1) is 18.6 Å². The van der Waals surface area contributed by atoms with Crippen LogP contribution in [0.25, 0.3) is 10.8 Å². The first-order valence-electron chi connectivity index (χ1n) is 9.82. The summed E-state index contributed by atoms with van der Waals surface area (Å²) in [6, 6.07) is 14.7. The maximum Gasteiger partial charge on any atom is 0.234 e. The zero-order chi connectivity index (χ0) is 19.5. The maximum atomic E-state index is 12.8. The van der Waals surface area contributed by atoms with Gasteiger partial charge in [0, 0.05) is 39.1 Å². The third-order valence-corrected chi connectivity index (χ3v) is 5.51. The lowest BCUT2D eigenvalue weighted by Crippen LogP contribution is -2.50. The fourth-order valence-electron chi connectivity index (χ4n) is 3.92. The van der Waals surface area contributed by atoms with Crippen molar-refractivity contribution in [3.05, 3.63) is 66.2 Å². The van der Waals surface area contributed by atoms with Crippen molar-refractivity contribution >= 4 is 29.1 Å². The maximum absolute atomic E-state index is 12.8. The molecular weight excluding hydrogens is 386 g/mol. The van der Waals surface area contributed by atoms with Crippen LogP contribution >= 0.6 is 12.4 Å². The highest BCUT2D eigenvalue weighted by Crippen LogP contribution is 2.22. The molecule has 2 heterocycles. The highest BCUT2D eigenvalue weighted by Gasteiger charge is 2.28. The second-order valence-electron chi connectivity index (χ2n) is 7.48. The van der Waals surface area contributed by atoms with Gasteiger partial charge in [-0.3, -0.25) is 9.69 Å². The van der Waals surface area contributed by atoms with E-state index in [0.717, 1.165) is 31.0 Å². The summed E-state index contributed by atoms with van der Waals surface area (Å²) in [5.41, 5.74) is 1.12. The molecule has 1 saturated heterocycles. The highest BCUT2D eigenvalue weighted by molar-refractivity contribution is 5.85. The van der Waals surface area contributed by atoms with Crippen LogP contribution in [0.15, 0.2) is 54.9 Å². The first-order valence-corrected chi connectivity index (χ1v) is 9.82. The van der Waals surface area contributed by atoms with E-state index in [1.807, 2.05) is 43.1 Å². The molecule has 1 aliphatic rings. The number of hydrogen-bond acceptors (Lipinski definition) is 4. The Morgan fingerprint density at radius 1 is 1.28 bits per heavy atom. The number of aromatic nitrogens is 2. The minimum atomic E-state index is -0.0355. The standard InChI is InChI=1S/C22H27N5O.ClH/c1-16(18-8-7-17-5-3-4-6-19(17)13-18)25-21(28)15-27-12-9-23-14-20(27)22-24-10-11-26(22)2;/h3-8,10-11,13,16,20,23H,9,12,14-15H2,1-2H3,(H,25,28);1H. The zero-order valence-corrected chi connectivity index (χ0v) is 17.7. The monoisotopic (exact) mass is 413 g/mol. The third kappa shape index (κ3) is 4.78. The number of carbonyl (C=O) groups excluding carboxylic acids is 1. The van der Waals surface area contributed by atoms with Crippen molar-refractivity contribution in [1.29, 1.82) is 0 Å². The molecule has 1 fully saturated rings. The molecule has 1 amide bonds. The number of aryl methyl sites for hydroxylation is 1. The molecule has 3 aromatic rings. The third-order valence-electron chi connectivity index (χ3n) is 5.51. The van der Waals surface area contributed by atoms with Crippen LogP contribution in [-0.4, -0.2) is 46.5 Å². The van der Waals surface area contributed by atoms with Crippen LogP contribution in [0.2, 0.25) is 0 Å². The van der Waals surface area contributed by atoms with E-state index in [2.05, 4.69) is 50.8 Å². The lowest BCUT2D eigenvalue weighted by molar-refractivity contribution is -0.123. The van der Waals surface area contributed by atoms with Gasteiger partial charge in [-0.2, -0.15) is 0 Å². The molecule has 4 rings (SSSR count). The molecule has 2 aromatic carbocycles. The van der Waals surface area contributed by atoms with Gasteiger partial charge in [-0.15, -0.1) is 12.4 Å². The lowest BCUT2D eigenvalue weighted by atomic mass is 10.0. The van der Waals surface area contributed by atoms with Crippen LogP contribution in [0.3, 0.4) is 0 Å². The average Bonchev–Trinajstić information content (AvgIpc) is 3.13. The molecular formula is C22H28ClN5O. The first-order chi connectivity index (χ1) is 13.6. The second-order valence-corrected chi connectivity index (χ2v) is 7.48. The molecule has 1 aliphatic heterocycles. The molecule has 29 heavy (non-hydrogen) atoms. The van der Waals surface area contributed by atoms with Crippen molar-refractivity contribution in [2.24, 2.45) is 7.05 Å². The van der Waals surface area contributed by atoms with Gasteiger partial charge in [0.1, 0.15) is 5.82 Å². The molecule has 0 bridgehead atoms. The van der Waals surface area contributed by atoms with E-state index in [1.54, 1.807) is 0 Å². The van der Waals surface area contributed by atoms with E-state index in [4.69, 9.17) is 0 Å². The van der Waals surface area contributed by atoms with Crippen molar-refractivity contribution < 1.29 is 4.79 Å². The van der Waals surface area contributed by atoms with Crippen LogP contribution in [0.5, 0.6) is 0 Å². The number of amides is 1. The number of hydrogen-bond donors (Lipinski definition) is 2. The van der Waals surface area contributed by atoms with Crippen LogP contribution in [0.4, 0.5) is 0 Å². The number of piperazine rings is 1. The summed E-state index contributed by atoms with van der Waals surface area (Å²) in [5, 5.41) is 8.98. The number of benzene rings is 2. The van der Waals surface area contributed by atoms with E-state index in [1.165, 1.54) is 10.8 Å². The van der Waals surface area contributed by atoms with Crippen molar-refractivity contribution in [2.75, 3.05) is 26.2 Å². The molecule has 1 aromatic heterocycles. The van der Waals surface area contributed by atoms with Crippen molar-refractivity contribution in [3.8, 4) is 0 Å². The molecule has 2 unspecified atom stereocenters. The number of carbonyl (C=O) groups is 1. The number of rotatable bonds is 5. The van der Waals surface area contributed by atoms with Gasteiger partial charge < -0.3 is 15.2 Å². The SMILES string of the molecule is CC(NC(=O)CN1CCNCC1c1nccn1C)c1ccc2ccccc2c1.Cl.